The summed E-state index contributed by atoms with van der Waals surface area (Å²) in [7, 11) is 0. The van der Waals surface area contributed by atoms with Gasteiger partial charge in [0.25, 0.3) is 0 Å². The van der Waals surface area contributed by atoms with Crippen LogP contribution in [0.3, 0.4) is 0 Å². The standard InChI is InChI=1S/C23H39N3O6.2C2H6/c1-5-7-9-21(10-8-6-2)32-23(30)24-12-11-22(29)26-14-13-25(15-18(3)27)20(16-26)17-31-19(4)28;2*1-2/h5,20-21H,1,6-17H2,2-4H3,(H,24,30);2*1-2H3. The van der Waals surface area contributed by atoms with Crippen LogP contribution in [0.5, 0.6) is 0 Å². The molecule has 9 heteroatoms. The molecule has 2 amide bonds. The van der Waals surface area contributed by atoms with Gasteiger partial charge in [-0.3, -0.25) is 19.3 Å². The van der Waals surface area contributed by atoms with Gasteiger partial charge in [0, 0.05) is 39.5 Å². The molecule has 1 N–H and O–H groups in total. The maximum atomic E-state index is 12.6. The SMILES string of the molecule is C=CCCC(CCCC)OC(=O)NCCC(=O)N1CCN(CC(C)=O)C(COC(C)=O)C1.CC.CC. The number of hydrogen-bond acceptors (Lipinski definition) is 7. The first-order valence-corrected chi connectivity index (χ1v) is 13.5. The lowest BCUT2D eigenvalue weighted by atomic mass is 10.1. The molecule has 0 spiro atoms. The molecule has 36 heavy (non-hydrogen) atoms. The number of carbonyl (C=O) groups excluding carboxylic acids is 4. The summed E-state index contributed by atoms with van der Waals surface area (Å²) in [5, 5.41) is 2.66. The molecule has 0 aromatic rings. The number of ether oxygens (including phenoxy) is 2. The Morgan fingerprint density at radius 2 is 1.75 bits per heavy atom. The van der Waals surface area contributed by atoms with Crippen LogP contribution in [0.25, 0.3) is 0 Å². The van der Waals surface area contributed by atoms with E-state index in [0.717, 1.165) is 32.1 Å². The van der Waals surface area contributed by atoms with Crippen LogP contribution in [-0.4, -0.2) is 85.0 Å². The Bertz CT molecular complexity index is 641. The van der Waals surface area contributed by atoms with E-state index < -0.39 is 12.1 Å². The highest BCUT2D eigenvalue weighted by molar-refractivity contribution is 5.78. The van der Waals surface area contributed by atoms with Gasteiger partial charge >= 0.3 is 12.1 Å². The van der Waals surface area contributed by atoms with Crippen molar-refractivity contribution >= 4 is 23.8 Å². The van der Waals surface area contributed by atoms with Gasteiger partial charge < -0.3 is 19.7 Å². The zero-order chi connectivity index (χ0) is 27.9. The van der Waals surface area contributed by atoms with E-state index in [9.17, 15) is 19.2 Å². The smallest absolute Gasteiger partial charge is 0.407 e. The Labute approximate surface area is 218 Å². The number of allylic oxidation sites excluding steroid dienone is 1. The Morgan fingerprint density at radius 1 is 1.08 bits per heavy atom. The molecule has 1 aliphatic heterocycles. The number of hydrogen-bond donors (Lipinski definition) is 1. The van der Waals surface area contributed by atoms with E-state index in [1.807, 2.05) is 38.7 Å². The number of unbranched alkanes of at least 4 members (excludes halogenated alkanes) is 1. The first-order valence-electron chi connectivity index (χ1n) is 13.5. The Morgan fingerprint density at radius 3 is 2.31 bits per heavy atom. The molecular weight excluding hydrogens is 462 g/mol. The van der Waals surface area contributed by atoms with Crippen LogP contribution in [0.4, 0.5) is 4.79 Å². The fourth-order valence-corrected chi connectivity index (χ4v) is 3.61. The number of piperazine rings is 1. The normalized spacial score (nSPS) is 15.8. The number of Topliss-reactive ketones (excluding diaryl/α,β-unsaturated/α-hetero) is 1. The second-order valence-corrected chi connectivity index (χ2v) is 8.18. The number of esters is 1. The van der Waals surface area contributed by atoms with Crippen molar-refractivity contribution in [1.82, 2.24) is 15.1 Å². The van der Waals surface area contributed by atoms with Crippen LogP contribution in [0.2, 0.25) is 0 Å². The van der Waals surface area contributed by atoms with Crippen LogP contribution in [0.15, 0.2) is 12.7 Å². The van der Waals surface area contributed by atoms with Gasteiger partial charge in [0.05, 0.1) is 12.6 Å². The Kier molecular flexibility index (Phi) is 22.8. The van der Waals surface area contributed by atoms with Gasteiger partial charge in [-0.1, -0.05) is 53.5 Å². The highest BCUT2D eigenvalue weighted by Gasteiger charge is 2.30. The number of alkyl carbamates (subject to hydrolysis) is 1. The summed E-state index contributed by atoms with van der Waals surface area (Å²) in [6.45, 7) is 18.6. The highest BCUT2D eigenvalue weighted by atomic mass is 16.6. The van der Waals surface area contributed by atoms with Crippen molar-refractivity contribution < 1.29 is 28.7 Å². The van der Waals surface area contributed by atoms with Crippen molar-refractivity contribution in [2.45, 2.75) is 99.1 Å². The predicted molar refractivity (Wildman–Crippen MR) is 144 cm³/mol. The number of nitrogens with one attached hydrogen (secondary N) is 1. The first kappa shape index (κ1) is 35.7. The third-order valence-corrected chi connectivity index (χ3v) is 5.32. The van der Waals surface area contributed by atoms with E-state index in [4.69, 9.17) is 9.47 Å². The molecule has 0 saturated carbocycles. The number of rotatable bonds is 14. The molecule has 1 heterocycles. The van der Waals surface area contributed by atoms with Crippen molar-refractivity contribution in [2.24, 2.45) is 0 Å². The van der Waals surface area contributed by atoms with Gasteiger partial charge in [0.1, 0.15) is 18.5 Å². The fourth-order valence-electron chi connectivity index (χ4n) is 3.61. The molecule has 0 aromatic heterocycles. The van der Waals surface area contributed by atoms with E-state index in [1.54, 1.807) is 4.90 Å². The van der Waals surface area contributed by atoms with E-state index in [-0.39, 0.29) is 50.0 Å². The van der Waals surface area contributed by atoms with Gasteiger partial charge in [-0.05, 0) is 26.2 Å². The molecular formula is C27H51N3O6. The summed E-state index contributed by atoms with van der Waals surface area (Å²) in [4.78, 5) is 51.1. The topological polar surface area (TPSA) is 105 Å². The van der Waals surface area contributed by atoms with Crippen molar-refractivity contribution in [3.63, 3.8) is 0 Å². The highest BCUT2D eigenvalue weighted by Crippen LogP contribution is 2.13. The van der Waals surface area contributed by atoms with Gasteiger partial charge in [0.15, 0.2) is 0 Å². The lowest BCUT2D eigenvalue weighted by Gasteiger charge is -2.40. The predicted octanol–water partition coefficient (Wildman–Crippen LogP) is 4.35. The number of ketones is 1. The molecule has 2 atom stereocenters. The van der Waals surface area contributed by atoms with Crippen molar-refractivity contribution in [3.05, 3.63) is 12.7 Å². The van der Waals surface area contributed by atoms with Gasteiger partial charge in [-0.2, -0.15) is 0 Å². The van der Waals surface area contributed by atoms with Crippen LogP contribution < -0.4 is 5.32 Å². The van der Waals surface area contributed by atoms with Crippen molar-refractivity contribution in [1.29, 1.82) is 0 Å². The van der Waals surface area contributed by atoms with Crippen LogP contribution >= 0.6 is 0 Å². The summed E-state index contributed by atoms with van der Waals surface area (Å²) in [5.74, 6) is -0.482. The third kappa shape index (κ3) is 17.1. The summed E-state index contributed by atoms with van der Waals surface area (Å²) in [5.41, 5.74) is 0. The van der Waals surface area contributed by atoms with Gasteiger partial charge in [0.2, 0.25) is 5.91 Å². The van der Waals surface area contributed by atoms with Gasteiger partial charge in [-0.15, -0.1) is 6.58 Å². The monoisotopic (exact) mass is 513 g/mol. The average molecular weight is 514 g/mol. The van der Waals surface area contributed by atoms with E-state index in [1.165, 1.54) is 13.8 Å². The fraction of sp³-hybridized carbons (Fsp3) is 0.778. The molecule has 0 radical (unpaired) electrons. The third-order valence-electron chi connectivity index (χ3n) is 5.32. The van der Waals surface area contributed by atoms with Crippen molar-refractivity contribution in [3.8, 4) is 0 Å². The zero-order valence-corrected chi connectivity index (χ0v) is 23.8. The summed E-state index contributed by atoms with van der Waals surface area (Å²) in [6.07, 6.45) is 5.64. The quantitative estimate of drug-likeness (QED) is 0.272. The maximum absolute atomic E-state index is 12.6. The minimum absolute atomic E-state index is 0.0191. The molecule has 0 bridgehead atoms. The lowest BCUT2D eigenvalue weighted by Crippen LogP contribution is -2.57. The average Bonchev–Trinajstić information content (AvgIpc) is 2.86. The molecule has 9 nitrogen and oxygen atoms in total. The number of amides is 2. The van der Waals surface area contributed by atoms with Crippen LogP contribution in [-0.2, 0) is 23.9 Å². The van der Waals surface area contributed by atoms with Gasteiger partial charge in [-0.25, -0.2) is 4.79 Å². The molecule has 0 aliphatic carbocycles. The van der Waals surface area contributed by atoms with Crippen LogP contribution in [0.1, 0.15) is 87.0 Å². The number of nitrogens with zero attached hydrogens (tertiary/aromatic N) is 2. The summed E-state index contributed by atoms with van der Waals surface area (Å²) < 4.78 is 10.6. The van der Waals surface area contributed by atoms with E-state index >= 15 is 0 Å². The molecule has 1 rings (SSSR count). The lowest BCUT2D eigenvalue weighted by molar-refractivity contribution is -0.144. The largest absolute Gasteiger partial charge is 0.464 e. The summed E-state index contributed by atoms with van der Waals surface area (Å²) in [6, 6.07) is -0.234. The Hall–Kier alpha value is -2.42. The molecule has 1 saturated heterocycles. The molecule has 1 aliphatic rings. The molecule has 1 fully saturated rings. The second kappa shape index (κ2) is 23.0. The minimum atomic E-state index is -0.512. The molecule has 2 unspecified atom stereocenters. The maximum Gasteiger partial charge on any atom is 0.407 e. The Balaban J connectivity index is 0. The minimum Gasteiger partial charge on any atom is -0.464 e. The second-order valence-electron chi connectivity index (χ2n) is 8.18. The molecule has 210 valence electrons. The number of carbonyl (C=O) groups is 4. The summed E-state index contributed by atoms with van der Waals surface area (Å²) >= 11 is 0. The van der Waals surface area contributed by atoms with Crippen LogP contribution in [0, 0.1) is 0 Å². The van der Waals surface area contributed by atoms with E-state index in [0.29, 0.717) is 19.6 Å². The first-order chi connectivity index (χ1) is 17.3. The zero-order valence-electron chi connectivity index (χ0n) is 23.8. The molecule has 0 aromatic carbocycles. The van der Waals surface area contributed by atoms with E-state index in [2.05, 4.69) is 18.8 Å². The van der Waals surface area contributed by atoms with Crippen molar-refractivity contribution in [2.75, 3.05) is 39.3 Å².